The highest BCUT2D eigenvalue weighted by Gasteiger charge is 2.58. The molecule has 1 spiro atoms. The average Bonchev–Trinajstić information content (AvgIpc) is 3.58. The minimum absolute atomic E-state index is 0.0358. The van der Waals surface area contributed by atoms with Crippen LogP contribution in [0.1, 0.15) is 36.0 Å². The van der Waals surface area contributed by atoms with Gasteiger partial charge in [-0.3, -0.25) is 9.59 Å². The molecule has 1 aliphatic heterocycles. The molecule has 5 rings (SSSR count). The quantitative estimate of drug-likeness (QED) is 0.661. The zero-order valence-electron chi connectivity index (χ0n) is 19.2. The smallest absolute Gasteiger partial charge is 0.418 e. The van der Waals surface area contributed by atoms with E-state index >= 15 is 0 Å². The van der Waals surface area contributed by atoms with Gasteiger partial charge in [0.25, 0.3) is 5.91 Å². The number of ether oxygens (including phenoxy) is 1. The van der Waals surface area contributed by atoms with E-state index in [1.807, 2.05) is 0 Å². The number of carbonyl (C=O) groups is 4. The highest BCUT2D eigenvalue weighted by atomic mass is 19.1. The molecule has 0 unspecified atom stereocenters. The summed E-state index contributed by atoms with van der Waals surface area (Å²) in [5.74, 6) is -1.27. The first-order valence-corrected chi connectivity index (χ1v) is 11.5. The summed E-state index contributed by atoms with van der Waals surface area (Å²) in [5.41, 5.74) is 1.23. The molecular weight excluding hydrogens is 455 g/mol. The molecule has 2 fully saturated rings. The van der Waals surface area contributed by atoms with Crippen molar-refractivity contribution in [3.05, 3.63) is 65.0 Å². The topological polar surface area (TPSA) is 108 Å². The van der Waals surface area contributed by atoms with Crippen molar-refractivity contribution < 1.29 is 28.3 Å². The lowest BCUT2D eigenvalue weighted by molar-refractivity contribution is -0.142. The summed E-state index contributed by atoms with van der Waals surface area (Å²) in [6.07, 6.45) is 1.59. The van der Waals surface area contributed by atoms with Crippen LogP contribution in [0.2, 0.25) is 0 Å². The number of nitrogens with zero attached hydrogens (tertiary/aromatic N) is 2. The van der Waals surface area contributed by atoms with Crippen molar-refractivity contribution in [3.63, 3.8) is 0 Å². The van der Waals surface area contributed by atoms with E-state index in [0.29, 0.717) is 17.7 Å². The van der Waals surface area contributed by atoms with Crippen LogP contribution in [0.5, 0.6) is 0 Å². The lowest BCUT2D eigenvalue weighted by Gasteiger charge is -2.25. The van der Waals surface area contributed by atoms with Crippen LogP contribution in [0.4, 0.5) is 19.7 Å². The zero-order valence-corrected chi connectivity index (χ0v) is 19.2. The SMILES string of the molecule is CNC(=O)Nc1ccc2c(c1)CC[C@@]21OC(=O)N(CC(=O)N(Cc2ccc(F)cc2)C2CC2)C1=O. The van der Waals surface area contributed by atoms with Gasteiger partial charge in [0.1, 0.15) is 12.4 Å². The number of halogens is 1. The Morgan fingerprint density at radius 1 is 1.17 bits per heavy atom. The summed E-state index contributed by atoms with van der Waals surface area (Å²) >= 11 is 0. The molecule has 2 aromatic carbocycles. The Bertz CT molecular complexity index is 1210. The molecule has 35 heavy (non-hydrogen) atoms. The maximum absolute atomic E-state index is 13.4. The van der Waals surface area contributed by atoms with Crippen molar-refractivity contribution in [2.45, 2.75) is 43.9 Å². The van der Waals surface area contributed by atoms with Gasteiger partial charge in [0, 0.05) is 37.3 Å². The van der Waals surface area contributed by atoms with Gasteiger partial charge in [-0.05, 0) is 54.7 Å². The minimum atomic E-state index is -1.46. The Morgan fingerprint density at radius 2 is 1.91 bits per heavy atom. The van der Waals surface area contributed by atoms with Crippen LogP contribution in [0.25, 0.3) is 0 Å². The standard InChI is InChI=1S/C25H25FN4O5/c1-27-23(33)28-18-6-9-20-16(12-18)10-11-25(20)22(32)30(24(34)35-25)14-21(31)29(19-7-8-19)13-15-2-4-17(26)5-3-15/h2-6,9,12,19H,7-8,10-11,13-14H2,1H3,(H2,27,28,33)/t25-/m1/s1. The number of imide groups is 1. The fraction of sp³-hybridized carbons (Fsp3) is 0.360. The molecule has 1 heterocycles. The molecule has 3 aliphatic rings. The van der Waals surface area contributed by atoms with E-state index in [1.54, 1.807) is 35.2 Å². The van der Waals surface area contributed by atoms with E-state index in [-0.39, 0.29) is 36.8 Å². The van der Waals surface area contributed by atoms with Crippen LogP contribution in [-0.2, 0) is 32.9 Å². The van der Waals surface area contributed by atoms with Crippen molar-refractivity contribution in [1.29, 1.82) is 0 Å². The number of hydrogen-bond acceptors (Lipinski definition) is 5. The lowest BCUT2D eigenvalue weighted by Crippen LogP contribution is -2.45. The third kappa shape index (κ3) is 4.20. The number of fused-ring (bicyclic) bond motifs is 2. The number of amides is 5. The third-order valence-electron chi connectivity index (χ3n) is 6.71. The van der Waals surface area contributed by atoms with E-state index in [2.05, 4.69) is 10.6 Å². The number of rotatable bonds is 6. The molecule has 5 amide bonds. The molecule has 0 radical (unpaired) electrons. The molecule has 1 atom stereocenters. The summed E-state index contributed by atoms with van der Waals surface area (Å²) in [7, 11) is 1.51. The normalized spacial score (nSPS) is 20.6. The zero-order chi connectivity index (χ0) is 24.7. The van der Waals surface area contributed by atoms with Gasteiger partial charge in [-0.2, -0.15) is 0 Å². The van der Waals surface area contributed by atoms with Crippen molar-refractivity contribution in [2.24, 2.45) is 0 Å². The molecule has 10 heteroatoms. The number of nitrogens with one attached hydrogen (secondary N) is 2. The Labute approximate surface area is 201 Å². The van der Waals surface area contributed by atoms with Crippen LogP contribution in [-0.4, -0.2) is 53.4 Å². The van der Waals surface area contributed by atoms with Gasteiger partial charge in [-0.1, -0.05) is 18.2 Å². The molecule has 2 aromatic rings. The molecule has 0 bridgehead atoms. The minimum Gasteiger partial charge on any atom is -0.427 e. The predicted octanol–water partition coefficient (Wildman–Crippen LogP) is 2.89. The van der Waals surface area contributed by atoms with E-state index in [9.17, 15) is 23.6 Å². The maximum Gasteiger partial charge on any atom is 0.418 e. The summed E-state index contributed by atoms with van der Waals surface area (Å²) in [6.45, 7) is -0.140. The van der Waals surface area contributed by atoms with Gasteiger partial charge in [0.2, 0.25) is 11.5 Å². The van der Waals surface area contributed by atoms with Gasteiger partial charge in [-0.25, -0.2) is 18.9 Å². The lowest BCUT2D eigenvalue weighted by atomic mass is 9.94. The number of benzene rings is 2. The van der Waals surface area contributed by atoms with Crippen molar-refractivity contribution >= 4 is 29.6 Å². The second kappa shape index (κ2) is 8.68. The first kappa shape index (κ1) is 22.8. The number of aryl methyl sites for hydroxylation is 1. The van der Waals surface area contributed by atoms with Crippen LogP contribution in [0.3, 0.4) is 0 Å². The van der Waals surface area contributed by atoms with Gasteiger partial charge >= 0.3 is 12.1 Å². The summed E-state index contributed by atoms with van der Waals surface area (Å²) in [4.78, 5) is 53.5. The highest BCUT2D eigenvalue weighted by Crippen LogP contribution is 2.46. The van der Waals surface area contributed by atoms with Gasteiger partial charge < -0.3 is 20.3 Å². The Hall–Kier alpha value is -3.95. The van der Waals surface area contributed by atoms with Crippen molar-refractivity contribution in [1.82, 2.24) is 15.1 Å². The maximum atomic E-state index is 13.4. The van der Waals surface area contributed by atoms with E-state index in [0.717, 1.165) is 28.9 Å². The third-order valence-corrected chi connectivity index (χ3v) is 6.71. The van der Waals surface area contributed by atoms with Crippen molar-refractivity contribution in [2.75, 3.05) is 18.9 Å². The van der Waals surface area contributed by atoms with Crippen LogP contribution in [0, 0.1) is 5.82 Å². The monoisotopic (exact) mass is 480 g/mol. The average molecular weight is 480 g/mol. The van der Waals surface area contributed by atoms with Crippen molar-refractivity contribution in [3.8, 4) is 0 Å². The molecule has 2 aliphatic carbocycles. The first-order chi connectivity index (χ1) is 16.8. The first-order valence-electron chi connectivity index (χ1n) is 11.5. The number of carbonyl (C=O) groups excluding carboxylic acids is 4. The fourth-order valence-corrected chi connectivity index (χ4v) is 4.74. The second-order valence-electron chi connectivity index (χ2n) is 9.04. The van der Waals surface area contributed by atoms with Crippen LogP contribution < -0.4 is 10.6 Å². The fourth-order valence-electron chi connectivity index (χ4n) is 4.74. The summed E-state index contributed by atoms with van der Waals surface area (Å²) in [5, 5.41) is 5.16. The molecule has 182 valence electrons. The number of urea groups is 1. The van der Waals surface area contributed by atoms with Gasteiger partial charge in [-0.15, -0.1) is 0 Å². The molecule has 0 aromatic heterocycles. The predicted molar refractivity (Wildman–Crippen MR) is 123 cm³/mol. The van der Waals surface area contributed by atoms with E-state index in [4.69, 9.17) is 4.74 Å². The number of anilines is 1. The number of hydrogen-bond donors (Lipinski definition) is 2. The Kier molecular flexibility index (Phi) is 5.66. The summed E-state index contributed by atoms with van der Waals surface area (Å²) < 4.78 is 18.9. The Balaban J connectivity index is 1.32. The molecule has 1 saturated heterocycles. The second-order valence-corrected chi connectivity index (χ2v) is 9.04. The highest BCUT2D eigenvalue weighted by molar-refractivity contribution is 6.06. The van der Waals surface area contributed by atoms with Gasteiger partial charge in [0.05, 0.1) is 0 Å². The Morgan fingerprint density at radius 3 is 2.60 bits per heavy atom. The van der Waals surface area contributed by atoms with E-state index in [1.165, 1.54) is 19.2 Å². The van der Waals surface area contributed by atoms with Crippen LogP contribution in [0.15, 0.2) is 42.5 Å². The van der Waals surface area contributed by atoms with Crippen LogP contribution >= 0.6 is 0 Å². The molecule has 2 N–H and O–H groups in total. The molecule has 9 nitrogen and oxygen atoms in total. The largest absolute Gasteiger partial charge is 0.427 e. The molecular formula is C25H25FN4O5. The van der Waals surface area contributed by atoms with Gasteiger partial charge in [0.15, 0.2) is 0 Å². The molecule has 1 saturated carbocycles. The summed E-state index contributed by atoms with van der Waals surface area (Å²) in [6, 6.07) is 10.6. The van der Waals surface area contributed by atoms with E-state index < -0.39 is 24.1 Å².